The van der Waals surface area contributed by atoms with Gasteiger partial charge in [0.25, 0.3) is 0 Å². The Morgan fingerprint density at radius 3 is 2.33 bits per heavy atom. The lowest BCUT2D eigenvalue weighted by Gasteiger charge is -2.35. The van der Waals surface area contributed by atoms with Crippen molar-refractivity contribution in [2.45, 2.75) is 33.1 Å². The number of Topliss-reactive ketones (excluding diaryl/α,β-unsaturated/α-hetero) is 1. The molecule has 0 heterocycles. The van der Waals surface area contributed by atoms with Gasteiger partial charge in [0.15, 0.2) is 0 Å². The third-order valence-corrected chi connectivity index (χ3v) is 5.66. The highest BCUT2D eigenvalue weighted by molar-refractivity contribution is 7.90. The zero-order valence-electron chi connectivity index (χ0n) is 9.54. The monoisotopic (exact) mass is 230 g/mol. The Kier molecular flexibility index (Phi) is 2.11. The lowest BCUT2D eigenvalue weighted by atomic mass is 9.70. The smallest absolute Gasteiger partial charge is 0.148 e. The van der Waals surface area contributed by atoms with Crippen molar-refractivity contribution < 1.29 is 13.2 Å². The third kappa shape index (κ3) is 1.37. The van der Waals surface area contributed by atoms with Crippen LogP contribution in [0.15, 0.2) is 0 Å². The van der Waals surface area contributed by atoms with Gasteiger partial charge >= 0.3 is 0 Å². The maximum Gasteiger partial charge on any atom is 0.148 e. The molecule has 2 rings (SSSR count). The number of ketones is 1. The number of hydrogen-bond acceptors (Lipinski definition) is 3. The molecule has 2 unspecified atom stereocenters. The van der Waals surface area contributed by atoms with E-state index in [-0.39, 0.29) is 17.0 Å². The predicted molar refractivity (Wildman–Crippen MR) is 58.3 cm³/mol. The molecule has 0 aromatic rings. The van der Waals surface area contributed by atoms with E-state index in [0.717, 1.165) is 12.8 Å². The lowest BCUT2D eigenvalue weighted by Crippen LogP contribution is -2.41. The fraction of sp³-hybridized carbons (Fsp3) is 0.909. The van der Waals surface area contributed by atoms with E-state index in [2.05, 4.69) is 13.8 Å². The number of carbonyl (C=O) groups is 1. The second-order valence-corrected chi connectivity index (χ2v) is 7.88. The van der Waals surface area contributed by atoms with Crippen molar-refractivity contribution in [2.75, 3.05) is 12.0 Å². The summed E-state index contributed by atoms with van der Waals surface area (Å²) in [6, 6.07) is 0. The van der Waals surface area contributed by atoms with Crippen LogP contribution in [0.3, 0.4) is 0 Å². The molecule has 2 aliphatic carbocycles. The molecule has 3 nitrogen and oxygen atoms in total. The molecular weight excluding hydrogens is 212 g/mol. The van der Waals surface area contributed by atoms with Gasteiger partial charge in [-0.2, -0.15) is 0 Å². The molecule has 4 heteroatoms. The molecule has 86 valence electrons. The van der Waals surface area contributed by atoms with Gasteiger partial charge in [-0.05, 0) is 24.2 Å². The van der Waals surface area contributed by atoms with Gasteiger partial charge in [-0.25, -0.2) is 8.42 Å². The highest BCUT2D eigenvalue weighted by Crippen LogP contribution is 2.64. The Hall–Kier alpha value is -0.380. The second-order valence-electron chi connectivity index (χ2n) is 5.74. The van der Waals surface area contributed by atoms with Crippen molar-refractivity contribution in [1.29, 1.82) is 0 Å². The van der Waals surface area contributed by atoms with Crippen LogP contribution in [0, 0.1) is 16.7 Å². The van der Waals surface area contributed by atoms with Crippen LogP contribution in [-0.4, -0.2) is 26.2 Å². The number of carbonyl (C=O) groups excluding carboxylic acids is 1. The topological polar surface area (TPSA) is 51.2 Å². The largest absolute Gasteiger partial charge is 0.299 e. The molecule has 0 aromatic heterocycles. The molecule has 2 fully saturated rings. The Morgan fingerprint density at radius 1 is 1.40 bits per heavy atom. The van der Waals surface area contributed by atoms with E-state index in [1.54, 1.807) is 0 Å². The zero-order chi connectivity index (χ0) is 11.5. The van der Waals surface area contributed by atoms with Crippen LogP contribution in [0.1, 0.15) is 33.1 Å². The molecule has 0 radical (unpaired) electrons. The first-order valence-corrected chi connectivity index (χ1v) is 7.46. The molecule has 0 spiro atoms. The van der Waals surface area contributed by atoms with Crippen LogP contribution < -0.4 is 0 Å². The Balaban J connectivity index is 2.45. The summed E-state index contributed by atoms with van der Waals surface area (Å²) in [4.78, 5) is 12.0. The molecule has 0 saturated heterocycles. The minimum Gasteiger partial charge on any atom is -0.299 e. The summed E-state index contributed by atoms with van der Waals surface area (Å²) in [5.41, 5.74) is -0.710. The number of rotatable bonds is 2. The highest BCUT2D eigenvalue weighted by atomic mass is 32.2. The fourth-order valence-electron chi connectivity index (χ4n) is 3.56. The van der Waals surface area contributed by atoms with Crippen LogP contribution >= 0.6 is 0 Å². The maximum atomic E-state index is 12.0. The molecule has 15 heavy (non-hydrogen) atoms. The zero-order valence-corrected chi connectivity index (χ0v) is 10.4. The van der Waals surface area contributed by atoms with Gasteiger partial charge in [-0.15, -0.1) is 0 Å². The highest BCUT2D eigenvalue weighted by Gasteiger charge is 2.64. The van der Waals surface area contributed by atoms with E-state index in [4.69, 9.17) is 0 Å². The third-order valence-electron chi connectivity index (χ3n) is 4.65. The number of hydrogen-bond donors (Lipinski definition) is 0. The second kappa shape index (κ2) is 2.84. The maximum absolute atomic E-state index is 12.0. The summed E-state index contributed by atoms with van der Waals surface area (Å²) in [5.74, 6) is 0.614. The fourth-order valence-corrected chi connectivity index (χ4v) is 5.13. The summed E-state index contributed by atoms with van der Waals surface area (Å²) >= 11 is 0. The summed E-state index contributed by atoms with van der Waals surface area (Å²) in [5, 5.41) is 0. The van der Waals surface area contributed by atoms with Crippen molar-refractivity contribution >= 4 is 15.6 Å². The molecule has 0 aromatic carbocycles. The first-order valence-electron chi connectivity index (χ1n) is 5.40. The van der Waals surface area contributed by atoms with Gasteiger partial charge in [0, 0.05) is 18.1 Å². The van der Waals surface area contributed by atoms with Gasteiger partial charge < -0.3 is 0 Å². The Morgan fingerprint density at radius 2 is 2.00 bits per heavy atom. The summed E-state index contributed by atoms with van der Waals surface area (Å²) < 4.78 is 22.9. The van der Waals surface area contributed by atoms with Crippen LogP contribution in [0.2, 0.25) is 0 Å². The van der Waals surface area contributed by atoms with Gasteiger partial charge in [-0.3, -0.25) is 4.79 Å². The average molecular weight is 230 g/mol. The van der Waals surface area contributed by atoms with Gasteiger partial charge in [0.1, 0.15) is 15.6 Å². The SMILES string of the molecule is CC1(C)C2CCC1(CS(C)(=O)=O)C(=O)C2. The number of fused-ring (bicyclic) bond motifs is 2. The molecule has 2 bridgehead atoms. The first-order chi connectivity index (χ1) is 6.69. The van der Waals surface area contributed by atoms with E-state index in [1.165, 1.54) is 6.26 Å². The van der Waals surface area contributed by atoms with Crippen molar-refractivity contribution in [1.82, 2.24) is 0 Å². The van der Waals surface area contributed by atoms with Crippen LogP contribution in [0.4, 0.5) is 0 Å². The quantitative estimate of drug-likeness (QED) is 0.721. The molecular formula is C11H18O3S. The van der Waals surface area contributed by atoms with E-state index in [0.29, 0.717) is 12.3 Å². The van der Waals surface area contributed by atoms with E-state index in [9.17, 15) is 13.2 Å². The van der Waals surface area contributed by atoms with Crippen molar-refractivity contribution in [3.8, 4) is 0 Å². The molecule has 0 amide bonds. The van der Waals surface area contributed by atoms with Gasteiger partial charge in [0.2, 0.25) is 0 Å². The predicted octanol–water partition coefficient (Wildman–Crippen LogP) is 1.43. The minimum atomic E-state index is -3.08. The molecule has 2 atom stereocenters. The summed E-state index contributed by atoms with van der Waals surface area (Å²) in [6.45, 7) is 4.11. The van der Waals surface area contributed by atoms with Gasteiger partial charge in [0.05, 0.1) is 5.75 Å². The van der Waals surface area contributed by atoms with Crippen molar-refractivity contribution in [2.24, 2.45) is 16.7 Å². The lowest BCUT2D eigenvalue weighted by molar-refractivity contribution is -0.128. The standard InChI is InChI=1S/C11H18O3S/c1-10(2)8-4-5-11(10,9(12)6-8)7-15(3,13)14/h8H,4-7H2,1-3H3. The molecule has 0 N–H and O–H groups in total. The molecule has 2 saturated carbocycles. The van der Waals surface area contributed by atoms with E-state index < -0.39 is 15.3 Å². The van der Waals surface area contributed by atoms with Crippen LogP contribution in [-0.2, 0) is 14.6 Å². The summed E-state index contributed by atoms with van der Waals surface area (Å²) in [6.07, 6.45) is 3.59. The normalized spacial score (nSPS) is 38.6. The first kappa shape index (κ1) is 11.1. The average Bonchev–Trinajstić information content (AvgIpc) is 2.34. The van der Waals surface area contributed by atoms with Crippen molar-refractivity contribution in [3.63, 3.8) is 0 Å². The molecule has 2 aliphatic rings. The Bertz CT molecular complexity index is 408. The molecule has 0 aliphatic heterocycles. The number of sulfone groups is 1. The van der Waals surface area contributed by atoms with Crippen LogP contribution in [0.5, 0.6) is 0 Å². The van der Waals surface area contributed by atoms with Crippen LogP contribution in [0.25, 0.3) is 0 Å². The van der Waals surface area contributed by atoms with E-state index in [1.807, 2.05) is 0 Å². The van der Waals surface area contributed by atoms with Gasteiger partial charge in [-0.1, -0.05) is 13.8 Å². The summed E-state index contributed by atoms with van der Waals surface area (Å²) in [7, 11) is -3.08. The Labute approximate surface area is 91.2 Å². The van der Waals surface area contributed by atoms with Crippen molar-refractivity contribution in [3.05, 3.63) is 0 Å². The van der Waals surface area contributed by atoms with E-state index >= 15 is 0 Å². The minimum absolute atomic E-state index is 0.0440.